The zero-order valence-corrected chi connectivity index (χ0v) is 17.8. The number of hydrogen-bond acceptors (Lipinski definition) is 2. The molecule has 0 spiro atoms. The summed E-state index contributed by atoms with van der Waals surface area (Å²) in [6, 6.07) is 18.8. The van der Waals surface area contributed by atoms with E-state index < -0.39 is 5.79 Å². The van der Waals surface area contributed by atoms with Gasteiger partial charge in [-0.3, -0.25) is 0 Å². The summed E-state index contributed by atoms with van der Waals surface area (Å²) in [5, 5.41) is 0. The van der Waals surface area contributed by atoms with Crippen LogP contribution in [0.15, 0.2) is 54.6 Å². The predicted molar refractivity (Wildman–Crippen MR) is 120 cm³/mol. The Labute approximate surface area is 171 Å². The van der Waals surface area contributed by atoms with Crippen molar-refractivity contribution in [3.05, 3.63) is 71.3 Å². The van der Waals surface area contributed by atoms with E-state index in [9.17, 15) is 0 Å². The van der Waals surface area contributed by atoms with E-state index in [-0.39, 0.29) is 0 Å². The second-order valence-corrected chi connectivity index (χ2v) is 7.40. The molecule has 0 aliphatic heterocycles. The summed E-state index contributed by atoms with van der Waals surface area (Å²) < 4.78 is 11.8. The van der Waals surface area contributed by atoms with Crippen LogP contribution in [0.25, 0.3) is 12.2 Å². The van der Waals surface area contributed by atoms with Gasteiger partial charge in [0.05, 0.1) is 0 Å². The summed E-state index contributed by atoms with van der Waals surface area (Å²) in [7, 11) is 3.49. The zero-order chi connectivity index (χ0) is 20.1. The van der Waals surface area contributed by atoms with Crippen molar-refractivity contribution in [1.82, 2.24) is 0 Å². The Morgan fingerprint density at radius 1 is 0.714 bits per heavy atom. The molecule has 2 rings (SSSR count). The van der Waals surface area contributed by atoms with Crippen molar-refractivity contribution in [3.63, 3.8) is 0 Å². The smallest absolute Gasteiger partial charge is 0.194 e. The number of methoxy groups -OCH3 is 2. The summed E-state index contributed by atoms with van der Waals surface area (Å²) in [4.78, 5) is 0. The van der Waals surface area contributed by atoms with Crippen LogP contribution in [0.5, 0.6) is 0 Å². The maximum atomic E-state index is 5.89. The summed E-state index contributed by atoms with van der Waals surface area (Å²) in [6.45, 7) is 2.26. The first kappa shape index (κ1) is 22.4. The highest BCUT2D eigenvalue weighted by Gasteiger charge is 2.31. The molecular weight excluding hydrogens is 344 g/mol. The molecule has 0 radical (unpaired) electrons. The Morgan fingerprint density at radius 2 is 1.32 bits per heavy atom. The molecule has 28 heavy (non-hydrogen) atoms. The first-order valence-corrected chi connectivity index (χ1v) is 10.7. The molecule has 0 heterocycles. The Hall–Kier alpha value is -1.90. The van der Waals surface area contributed by atoms with Gasteiger partial charge in [-0.1, -0.05) is 106 Å². The van der Waals surface area contributed by atoms with E-state index in [4.69, 9.17) is 9.47 Å². The second-order valence-electron chi connectivity index (χ2n) is 7.40. The van der Waals surface area contributed by atoms with E-state index >= 15 is 0 Å². The molecule has 2 nitrogen and oxygen atoms in total. The molecule has 0 N–H and O–H groups in total. The first-order valence-electron chi connectivity index (χ1n) is 10.7. The number of rotatable bonds is 13. The normalized spacial score (nSPS) is 12.0. The first-order chi connectivity index (χ1) is 13.7. The third-order valence-electron chi connectivity index (χ3n) is 5.36. The third kappa shape index (κ3) is 6.92. The molecule has 0 saturated heterocycles. The lowest BCUT2D eigenvalue weighted by Crippen LogP contribution is -2.30. The van der Waals surface area contributed by atoms with E-state index in [1.54, 1.807) is 14.2 Å². The predicted octanol–water partition coefficient (Wildman–Crippen LogP) is 7.44. The lowest BCUT2D eigenvalue weighted by molar-refractivity contribution is -0.221. The van der Waals surface area contributed by atoms with Crippen LogP contribution in [-0.2, 0) is 15.3 Å². The fourth-order valence-corrected chi connectivity index (χ4v) is 3.62. The molecule has 0 aliphatic carbocycles. The summed E-state index contributed by atoms with van der Waals surface area (Å²) in [5.41, 5.74) is 3.43. The highest BCUT2D eigenvalue weighted by Crippen LogP contribution is 2.33. The average Bonchev–Trinajstić information content (AvgIpc) is 2.76. The van der Waals surface area contributed by atoms with E-state index in [0.29, 0.717) is 0 Å². The summed E-state index contributed by atoms with van der Waals surface area (Å²) in [5.74, 6) is -0.667. The minimum absolute atomic E-state index is 0.667. The van der Waals surface area contributed by atoms with Crippen molar-refractivity contribution in [3.8, 4) is 0 Å². The Bertz CT molecular complexity index is 687. The van der Waals surface area contributed by atoms with Crippen LogP contribution >= 0.6 is 0 Å². The Morgan fingerprint density at radius 3 is 2.00 bits per heavy atom. The number of benzene rings is 2. The van der Waals surface area contributed by atoms with Crippen LogP contribution in [-0.4, -0.2) is 14.2 Å². The minimum atomic E-state index is -0.667. The van der Waals surface area contributed by atoms with Crippen LogP contribution in [0.1, 0.15) is 75.0 Å². The van der Waals surface area contributed by atoms with Crippen LogP contribution < -0.4 is 0 Å². The lowest BCUT2D eigenvalue weighted by atomic mass is 9.96. The Kier molecular flexibility index (Phi) is 10.0. The monoisotopic (exact) mass is 380 g/mol. The van der Waals surface area contributed by atoms with Gasteiger partial charge < -0.3 is 9.47 Å². The van der Waals surface area contributed by atoms with Crippen LogP contribution in [0.4, 0.5) is 0 Å². The highest BCUT2D eigenvalue weighted by molar-refractivity contribution is 5.69. The lowest BCUT2D eigenvalue weighted by Gasteiger charge is -2.31. The fraction of sp³-hybridized carbons (Fsp3) is 0.462. The van der Waals surface area contributed by atoms with Crippen molar-refractivity contribution in [2.45, 2.75) is 64.1 Å². The number of ether oxygens (including phenoxy) is 2. The molecule has 152 valence electrons. The number of hydrogen-bond donors (Lipinski definition) is 0. The van der Waals surface area contributed by atoms with Gasteiger partial charge in [0, 0.05) is 26.2 Å². The zero-order valence-electron chi connectivity index (χ0n) is 17.8. The third-order valence-corrected chi connectivity index (χ3v) is 5.36. The molecule has 0 saturated carbocycles. The maximum Gasteiger partial charge on any atom is 0.194 e. The van der Waals surface area contributed by atoms with E-state index in [1.165, 1.54) is 44.1 Å². The molecule has 0 fully saturated rings. The molecule has 0 atom stereocenters. The van der Waals surface area contributed by atoms with Crippen molar-refractivity contribution < 1.29 is 9.47 Å². The molecule has 0 aliphatic rings. The largest absolute Gasteiger partial charge is 0.349 e. The van der Waals surface area contributed by atoms with Crippen LogP contribution in [0.3, 0.4) is 0 Å². The topological polar surface area (TPSA) is 18.5 Å². The molecule has 2 aromatic rings. The molecule has 0 amide bonds. The second kappa shape index (κ2) is 12.5. The van der Waals surface area contributed by atoms with Gasteiger partial charge >= 0.3 is 0 Å². The van der Waals surface area contributed by atoms with Gasteiger partial charge in [0.15, 0.2) is 5.79 Å². The van der Waals surface area contributed by atoms with Gasteiger partial charge in [0.1, 0.15) is 0 Å². The van der Waals surface area contributed by atoms with Gasteiger partial charge in [0.25, 0.3) is 0 Å². The Balaban J connectivity index is 2.01. The van der Waals surface area contributed by atoms with Crippen LogP contribution in [0.2, 0.25) is 0 Å². The minimum Gasteiger partial charge on any atom is -0.349 e. The van der Waals surface area contributed by atoms with Gasteiger partial charge in [-0.2, -0.15) is 0 Å². The van der Waals surface area contributed by atoms with E-state index in [1.807, 2.05) is 6.07 Å². The standard InChI is InChI=1S/C26H36O2/c1-4-5-6-7-8-9-13-21-26(27-2,28-3)25-18-14-17-24(22-25)20-19-23-15-11-10-12-16-23/h10-12,14-20,22H,4-9,13,21H2,1-3H3. The number of unbranched alkanes of at least 4 members (excludes halogenated alkanes) is 6. The maximum absolute atomic E-state index is 5.89. The average molecular weight is 381 g/mol. The molecular formula is C26H36O2. The van der Waals surface area contributed by atoms with E-state index in [0.717, 1.165) is 24.0 Å². The van der Waals surface area contributed by atoms with Gasteiger partial charge in [0.2, 0.25) is 0 Å². The SMILES string of the molecule is CCCCCCCCCC(OC)(OC)c1cccc(C=Cc2ccccc2)c1. The van der Waals surface area contributed by atoms with Crippen LogP contribution in [0, 0.1) is 0 Å². The van der Waals surface area contributed by atoms with E-state index in [2.05, 4.69) is 67.6 Å². The van der Waals surface area contributed by atoms with Crippen molar-refractivity contribution in [2.24, 2.45) is 0 Å². The van der Waals surface area contributed by atoms with Gasteiger partial charge in [-0.05, 0) is 23.6 Å². The summed E-state index contributed by atoms with van der Waals surface area (Å²) >= 11 is 0. The molecule has 2 aromatic carbocycles. The molecule has 0 bridgehead atoms. The summed E-state index contributed by atoms with van der Waals surface area (Å²) in [6.07, 6.45) is 14.1. The van der Waals surface area contributed by atoms with Gasteiger partial charge in [-0.25, -0.2) is 0 Å². The van der Waals surface area contributed by atoms with Crippen molar-refractivity contribution in [1.29, 1.82) is 0 Å². The fourth-order valence-electron chi connectivity index (χ4n) is 3.62. The van der Waals surface area contributed by atoms with Gasteiger partial charge in [-0.15, -0.1) is 0 Å². The molecule has 0 aromatic heterocycles. The van der Waals surface area contributed by atoms with Crippen molar-refractivity contribution >= 4 is 12.2 Å². The van der Waals surface area contributed by atoms with Crippen molar-refractivity contribution in [2.75, 3.05) is 14.2 Å². The quantitative estimate of drug-likeness (QED) is 0.204. The molecule has 2 heteroatoms. The highest BCUT2D eigenvalue weighted by atomic mass is 16.7. The molecule has 0 unspecified atom stereocenters.